The Labute approximate surface area is 180 Å². The topological polar surface area (TPSA) is 121 Å². The van der Waals surface area contributed by atoms with E-state index in [1.54, 1.807) is 12.1 Å². The minimum Gasteiger partial charge on any atom is -0.509 e. The van der Waals surface area contributed by atoms with Gasteiger partial charge in [0.05, 0.1) is 6.61 Å². The van der Waals surface area contributed by atoms with Crippen LogP contribution in [-0.2, 0) is 0 Å². The van der Waals surface area contributed by atoms with Gasteiger partial charge in [-0.05, 0) is 33.9 Å². The Balaban J connectivity index is 1.71. The lowest BCUT2D eigenvalue weighted by Gasteiger charge is -2.25. The van der Waals surface area contributed by atoms with Gasteiger partial charge in [0.1, 0.15) is 30.2 Å². The summed E-state index contributed by atoms with van der Waals surface area (Å²) in [5.74, 6) is -0.573. The minimum absolute atomic E-state index is 0.573. The Morgan fingerprint density at radius 2 is 1.10 bits per heavy atom. The van der Waals surface area contributed by atoms with E-state index in [1.165, 1.54) is 6.08 Å². The Hall–Kier alpha value is -3.00. The lowest BCUT2D eigenvalue weighted by Crippen LogP contribution is -2.46. The molecule has 0 aliphatic rings. The van der Waals surface area contributed by atoms with Crippen LogP contribution in [0.25, 0.3) is 28.3 Å². The summed E-state index contributed by atoms with van der Waals surface area (Å²) in [6.07, 6.45) is -5.86. The molecule has 3 rings (SSSR count). The first-order valence-corrected chi connectivity index (χ1v) is 9.90. The molecule has 4 atom stereocenters. The molecule has 3 aromatic rings. The molecule has 31 heavy (non-hydrogen) atoms. The van der Waals surface area contributed by atoms with E-state index in [-0.39, 0.29) is 0 Å². The third-order valence-electron chi connectivity index (χ3n) is 5.11. The van der Waals surface area contributed by atoms with Crippen LogP contribution < -0.4 is 0 Å². The van der Waals surface area contributed by atoms with E-state index in [9.17, 15) is 25.5 Å². The maximum absolute atomic E-state index is 10.1. The van der Waals surface area contributed by atoms with Crippen molar-refractivity contribution in [3.8, 4) is 22.3 Å². The highest BCUT2D eigenvalue weighted by Crippen LogP contribution is 2.25. The van der Waals surface area contributed by atoms with Gasteiger partial charge in [-0.25, -0.2) is 0 Å². The van der Waals surface area contributed by atoms with Crippen LogP contribution in [0.4, 0.5) is 0 Å². The van der Waals surface area contributed by atoms with Gasteiger partial charge in [0.25, 0.3) is 0 Å². The summed E-state index contributed by atoms with van der Waals surface area (Å²) in [6.45, 7) is -0.788. The Morgan fingerprint density at radius 3 is 1.58 bits per heavy atom. The fraction of sp³-hybridized carbons (Fsp3) is 0.200. The van der Waals surface area contributed by atoms with Gasteiger partial charge in [0, 0.05) is 0 Å². The zero-order chi connectivity index (χ0) is 22.4. The van der Waals surface area contributed by atoms with Crippen LogP contribution in [0.1, 0.15) is 5.56 Å². The predicted molar refractivity (Wildman–Crippen MR) is 119 cm³/mol. The van der Waals surface area contributed by atoms with Crippen LogP contribution in [0, 0.1) is 0 Å². The average Bonchev–Trinajstić information content (AvgIpc) is 2.83. The molecule has 0 saturated heterocycles. The SMILES string of the molecule is OCC(O)C(O)C(O)C(O)C(O)=Cc1ccc(-c2ccc(-c3ccccc3)cc2)cc1. The molecule has 0 bridgehead atoms. The van der Waals surface area contributed by atoms with E-state index in [1.807, 2.05) is 54.6 Å². The molecule has 0 aromatic heterocycles. The highest BCUT2D eigenvalue weighted by Gasteiger charge is 2.32. The fourth-order valence-corrected chi connectivity index (χ4v) is 3.21. The van der Waals surface area contributed by atoms with Crippen molar-refractivity contribution in [2.24, 2.45) is 0 Å². The molecule has 3 aromatic carbocycles. The molecule has 0 radical (unpaired) electrons. The van der Waals surface area contributed by atoms with Crippen LogP contribution in [0.3, 0.4) is 0 Å². The summed E-state index contributed by atoms with van der Waals surface area (Å²) in [6, 6.07) is 25.4. The quantitative estimate of drug-likeness (QED) is 0.310. The number of hydrogen-bond donors (Lipinski definition) is 6. The van der Waals surface area contributed by atoms with Gasteiger partial charge in [-0.2, -0.15) is 0 Å². The second-order valence-electron chi connectivity index (χ2n) is 7.31. The minimum atomic E-state index is -1.86. The van der Waals surface area contributed by atoms with Crippen molar-refractivity contribution in [2.75, 3.05) is 6.61 Å². The van der Waals surface area contributed by atoms with Crippen molar-refractivity contribution >= 4 is 6.08 Å². The van der Waals surface area contributed by atoms with Crippen LogP contribution in [0.15, 0.2) is 84.6 Å². The Morgan fingerprint density at radius 1 is 0.645 bits per heavy atom. The number of hydrogen-bond acceptors (Lipinski definition) is 6. The fourth-order valence-electron chi connectivity index (χ4n) is 3.21. The monoisotopic (exact) mass is 422 g/mol. The molecule has 4 unspecified atom stereocenters. The largest absolute Gasteiger partial charge is 0.509 e. The number of benzene rings is 3. The maximum atomic E-state index is 10.1. The van der Waals surface area contributed by atoms with Gasteiger partial charge >= 0.3 is 0 Å². The third-order valence-corrected chi connectivity index (χ3v) is 5.11. The lowest BCUT2D eigenvalue weighted by molar-refractivity contribution is -0.112. The summed E-state index contributed by atoms with van der Waals surface area (Å²) in [4.78, 5) is 0. The maximum Gasteiger partial charge on any atom is 0.139 e. The van der Waals surface area contributed by atoms with Crippen LogP contribution in [-0.4, -0.2) is 61.7 Å². The number of rotatable bonds is 8. The van der Waals surface area contributed by atoms with Gasteiger partial charge in [-0.15, -0.1) is 0 Å². The first-order chi connectivity index (χ1) is 14.9. The molecule has 0 saturated carbocycles. The number of aliphatic hydroxyl groups is 6. The van der Waals surface area contributed by atoms with Gasteiger partial charge in [0.2, 0.25) is 0 Å². The Kier molecular flexibility index (Phi) is 7.57. The van der Waals surface area contributed by atoms with Crippen molar-refractivity contribution in [1.29, 1.82) is 0 Å². The second-order valence-corrected chi connectivity index (χ2v) is 7.31. The highest BCUT2D eigenvalue weighted by molar-refractivity contribution is 5.71. The standard InChI is InChI=1S/C25H26O6/c26-15-22(28)24(30)25(31)23(29)21(27)14-16-6-8-18(9-7-16)20-12-10-19(11-13-20)17-4-2-1-3-5-17/h1-14,22-31H,15H2. The molecule has 162 valence electrons. The summed E-state index contributed by atoms with van der Waals surface area (Å²) in [5, 5.41) is 57.8. The summed E-state index contributed by atoms with van der Waals surface area (Å²) < 4.78 is 0. The van der Waals surface area contributed by atoms with Crippen molar-refractivity contribution in [3.05, 3.63) is 90.2 Å². The van der Waals surface area contributed by atoms with E-state index in [0.717, 1.165) is 22.3 Å². The first-order valence-electron chi connectivity index (χ1n) is 9.90. The molecule has 0 amide bonds. The molecule has 6 heteroatoms. The van der Waals surface area contributed by atoms with E-state index >= 15 is 0 Å². The van der Waals surface area contributed by atoms with Gasteiger partial charge in [-0.1, -0.05) is 78.9 Å². The molecule has 0 aliphatic carbocycles. The van der Waals surface area contributed by atoms with Crippen molar-refractivity contribution in [2.45, 2.75) is 24.4 Å². The van der Waals surface area contributed by atoms with E-state index < -0.39 is 36.8 Å². The average molecular weight is 422 g/mol. The van der Waals surface area contributed by atoms with Crippen LogP contribution in [0.2, 0.25) is 0 Å². The highest BCUT2D eigenvalue weighted by atomic mass is 16.4. The summed E-state index contributed by atoms with van der Waals surface area (Å²) in [5.41, 5.74) is 4.83. The van der Waals surface area contributed by atoms with Crippen LogP contribution in [0.5, 0.6) is 0 Å². The first kappa shape index (κ1) is 22.7. The Bertz CT molecular complexity index is 983. The van der Waals surface area contributed by atoms with Gasteiger partial charge in [-0.3, -0.25) is 0 Å². The van der Waals surface area contributed by atoms with E-state index in [4.69, 9.17) is 5.11 Å². The van der Waals surface area contributed by atoms with E-state index in [2.05, 4.69) is 12.1 Å². The summed E-state index contributed by atoms with van der Waals surface area (Å²) in [7, 11) is 0. The molecule has 0 spiro atoms. The van der Waals surface area contributed by atoms with Gasteiger partial charge in [0.15, 0.2) is 0 Å². The van der Waals surface area contributed by atoms with Crippen molar-refractivity contribution < 1.29 is 30.6 Å². The van der Waals surface area contributed by atoms with E-state index in [0.29, 0.717) is 5.56 Å². The zero-order valence-electron chi connectivity index (χ0n) is 16.8. The lowest BCUT2D eigenvalue weighted by atomic mass is 9.98. The molecule has 6 N–H and O–H groups in total. The smallest absolute Gasteiger partial charge is 0.139 e. The third kappa shape index (κ3) is 5.58. The van der Waals surface area contributed by atoms with Crippen molar-refractivity contribution in [1.82, 2.24) is 0 Å². The molecule has 0 fully saturated rings. The number of aliphatic hydroxyl groups excluding tert-OH is 6. The normalized spacial score (nSPS) is 15.8. The van der Waals surface area contributed by atoms with Crippen molar-refractivity contribution in [3.63, 3.8) is 0 Å². The zero-order valence-corrected chi connectivity index (χ0v) is 16.8. The molecule has 6 nitrogen and oxygen atoms in total. The molecular weight excluding hydrogens is 396 g/mol. The predicted octanol–water partition coefficient (Wildman–Crippen LogP) is 2.36. The molecule has 0 aliphatic heterocycles. The molecular formula is C25H26O6. The van der Waals surface area contributed by atoms with Crippen LogP contribution >= 0.6 is 0 Å². The summed E-state index contributed by atoms with van der Waals surface area (Å²) >= 11 is 0. The molecule has 0 heterocycles. The second kappa shape index (κ2) is 10.3. The van der Waals surface area contributed by atoms with Gasteiger partial charge < -0.3 is 30.6 Å².